The number of hydrogen-bond donors (Lipinski definition) is 0. The summed E-state index contributed by atoms with van der Waals surface area (Å²) in [5.74, 6) is 0.654. The van der Waals surface area contributed by atoms with Crippen LogP contribution < -0.4 is 4.74 Å². The number of hydrogen-bond acceptors (Lipinski definition) is 2. The summed E-state index contributed by atoms with van der Waals surface area (Å²) in [6, 6.07) is 13.8. The van der Waals surface area contributed by atoms with Crippen molar-refractivity contribution in [2.75, 3.05) is 6.61 Å². The third-order valence-corrected chi connectivity index (χ3v) is 3.32. The van der Waals surface area contributed by atoms with E-state index in [0.29, 0.717) is 17.4 Å². The van der Waals surface area contributed by atoms with Crippen molar-refractivity contribution in [3.63, 3.8) is 0 Å². The van der Waals surface area contributed by atoms with Gasteiger partial charge in [-0.05, 0) is 47.9 Å². The quantitative estimate of drug-likeness (QED) is 0.529. The van der Waals surface area contributed by atoms with Crippen molar-refractivity contribution >= 4 is 23.5 Å². The van der Waals surface area contributed by atoms with Crippen LogP contribution in [0.4, 0.5) is 5.69 Å². The molecule has 0 fully saturated rings. The Morgan fingerprint density at radius 1 is 1.19 bits per heavy atom. The lowest BCUT2D eigenvalue weighted by Gasteiger charge is -2.05. The smallest absolute Gasteiger partial charge is 0.138 e. The molecule has 0 saturated heterocycles. The summed E-state index contributed by atoms with van der Waals surface area (Å²) in [5.41, 5.74) is 3.17. The van der Waals surface area contributed by atoms with Gasteiger partial charge in [-0.1, -0.05) is 43.3 Å². The van der Waals surface area contributed by atoms with E-state index in [2.05, 4.69) is 30.6 Å². The lowest BCUT2D eigenvalue weighted by atomic mass is 10.1. The van der Waals surface area contributed by atoms with Gasteiger partial charge in [0.15, 0.2) is 0 Å². The Hall–Kier alpha value is -2.06. The Balaban J connectivity index is 2.09. The summed E-state index contributed by atoms with van der Waals surface area (Å²) in [6.07, 6.45) is 4.52. The van der Waals surface area contributed by atoms with E-state index in [1.54, 1.807) is 12.3 Å². The van der Waals surface area contributed by atoms with Crippen LogP contribution >= 0.6 is 11.6 Å². The summed E-state index contributed by atoms with van der Waals surface area (Å²) < 4.78 is 5.43. The molecule has 0 heterocycles. The predicted octanol–water partition coefficient (Wildman–Crippen LogP) is 5.22. The monoisotopic (exact) mass is 299 g/mol. The van der Waals surface area contributed by atoms with Gasteiger partial charge in [0, 0.05) is 6.21 Å². The summed E-state index contributed by atoms with van der Waals surface area (Å²) in [5, 5.41) is 0.571. The van der Waals surface area contributed by atoms with Crippen LogP contribution in [0.3, 0.4) is 0 Å². The van der Waals surface area contributed by atoms with Gasteiger partial charge in [0.1, 0.15) is 12.4 Å². The molecule has 21 heavy (non-hydrogen) atoms. The van der Waals surface area contributed by atoms with E-state index in [1.165, 1.54) is 5.56 Å². The van der Waals surface area contributed by atoms with Crippen molar-refractivity contribution in [3.05, 3.63) is 71.3 Å². The zero-order chi connectivity index (χ0) is 15.1. The molecule has 0 spiro atoms. The van der Waals surface area contributed by atoms with Crippen molar-refractivity contribution in [1.82, 2.24) is 0 Å². The zero-order valence-electron chi connectivity index (χ0n) is 12.1. The van der Waals surface area contributed by atoms with Crippen molar-refractivity contribution < 1.29 is 4.74 Å². The number of benzene rings is 2. The maximum atomic E-state index is 6.17. The lowest BCUT2D eigenvalue weighted by molar-refractivity contribution is 0.363. The van der Waals surface area contributed by atoms with Crippen LogP contribution in [0.1, 0.15) is 18.1 Å². The average Bonchev–Trinajstić information content (AvgIpc) is 2.52. The standard InChI is InChI=1S/C18H18ClNO/c1-3-11-21-18-10-7-15(12-17(18)19)13-20-16-8-5-14(4-2)6-9-16/h3,5-10,12-13H,1,4,11H2,2H3. The van der Waals surface area contributed by atoms with Crippen LogP contribution in [0.5, 0.6) is 5.75 Å². The number of nitrogens with zero attached hydrogens (tertiary/aromatic N) is 1. The van der Waals surface area contributed by atoms with E-state index < -0.39 is 0 Å². The minimum atomic E-state index is 0.441. The molecule has 0 aromatic heterocycles. The third-order valence-electron chi connectivity index (χ3n) is 3.02. The normalized spacial score (nSPS) is 10.8. The number of aryl methyl sites for hydroxylation is 1. The van der Waals surface area contributed by atoms with Gasteiger partial charge in [0.25, 0.3) is 0 Å². The first-order chi connectivity index (χ1) is 10.2. The minimum Gasteiger partial charge on any atom is -0.488 e. The molecule has 0 bridgehead atoms. The highest BCUT2D eigenvalue weighted by atomic mass is 35.5. The van der Waals surface area contributed by atoms with Crippen LogP contribution in [-0.2, 0) is 6.42 Å². The maximum absolute atomic E-state index is 6.17. The number of halogens is 1. The molecular formula is C18H18ClNO. The van der Waals surface area contributed by atoms with Gasteiger partial charge in [-0.15, -0.1) is 0 Å². The highest BCUT2D eigenvalue weighted by molar-refractivity contribution is 6.32. The molecule has 108 valence electrons. The van der Waals surface area contributed by atoms with Crippen molar-refractivity contribution in [2.45, 2.75) is 13.3 Å². The molecule has 0 aliphatic rings. The van der Waals surface area contributed by atoms with E-state index in [1.807, 2.05) is 30.3 Å². The summed E-state index contributed by atoms with van der Waals surface area (Å²) >= 11 is 6.17. The fourth-order valence-corrected chi connectivity index (χ4v) is 2.07. The zero-order valence-corrected chi connectivity index (χ0v) is 12.8. The number of rotatable bonds is 6. The van der Waals surface area contributed by atoms with Crippen molar-refractivity contribution in [3.8, 4) is 5.75 Å². The average molecular weight is 300 g/mol. The molecule has 3 heteroatoms. The van der Waals surface area contributed by atoms with Crippen molar-refractivity contribution in [2.24, 2.45) is 4.99 Å². The predicted molar refractivity (Wildman–Crippen MR) is 90.2 cm³/mol. The molecule has 0 aliphatic carbocycles. The molecule has 2 aromatic carbocycles. The van der Waals surface area contributed by atoms with Crippen LogP contribution in [0.15, 0.2) is 60.1 Å². The Morgan fingerprint density at radius 2 is 1.95 bits per heavy atom. The number of ether oxygens (including phenoxy) is 1. The Bertz CT molecular complexity index is 632. The van der Waals surface area contributed by atoms with E-state index in [9.17, 15) is 0 Å². The van der Waals surface area contributed by atoms with Crippen molar-refractivity contribution in [1.29, 1.82) is 0 Å². The third kappa shape index (κ3) is 4.47. The van der Waals surface area contributed by atoms with Crippen LogP contribution in [-0.4, -0.2) is 12.8 Å². The molecule has 2 rings (SSSR count). The second-order valence-corrected chi connectivity index (χ2v) is 4.97. The first-order valence-electron chi connectivity index (χ1n) is 6.89. The SMILES string of the molecule is C=CCOc1ccc(C=Nc2ccc(CC)cc2)cc1Cl. The molecule has 0 saturated carbocycles. The Labute approximate surface area is 130 Å². The summed E-state index contributed by atoms with van der Waals surface area (Å²) in [7, 11) is 0. The van der Waals surface area contributed by atoms with Gasteiger partial charge in [-0.25, -0.2) is 0 Å². The number of aliphatic imine (C=N–C) groups is 1. The van der Waals surface area contributed by atoms with Crippen LogP contribution in [0.25, 0.3) is 0 Å². The molecule has 0 unspecified atom stereocenters. The molecule has 0 amide bonds. The maximum Gasteiger partial charge on any atom is 0.138 e. The van der Waals surface area contributed by atoms with E-state index in [-0.39, 0.29) is 0 Å². The van der Waals surface area contributed by atoms with Gasteiger partial charge >= 0.3 is 0 Å². The molecule has 0 N–H and O–H groups in total. The van der Waals surface area contributed by atoms with Crippen LogP contribution in [0.2, 0.25) is 5.02 Å². The van der Waals surface area contributed by atoms with E-state index >= 15 is 0 Å². The fraction of sp³-hybridized carbons (Fsp3) is 0.167. The molecule has 0 atom stereocenters. The molecule has 2 nitrogen and oxygen atoms in total. The topological polar surface area (TPSA) is 21.6 Å². The Morgan fingerprint density at radius 3 is 2.57 bits per heavy atom. The molecule has 0 radical (unpaired) electrons. The first-order valence-corrected chi connectivity index (χ1v) is 7.27. The Kier molecular flexibility index (Phi) is 5.59. The van der Waals surface area contributed by atoms with E-state index in [0.717, 1.165) is 17.7 Å². The highest BCUT2D eigenvalue weighted by Crippen LogP contribution is 2.25. The van der Waals surface area contributed by atoms with Crippen LogP contribution in [0, 0.1) is 0 Å². The molecule has 0 aliphatic heterocycles. The largest absolute Gasteiger partial charge is 0.488 e. The first kappa shape index (κ1) is 15.3. The van der Waals surface area contributed by atoms with Gasteiger partial charge in [-0.2, -0.15) is 0 Å². The van der Waals surface area contributed by atoms with Gasteiger partial charge in [0.2, 0.25) is 0 Å². The minimum absolute atomic E-state index is 0.441. The van der Waals surface area contributed by atoms with E-state index in [4.69, 9.17) is 16.3 Å². The molecular weight excluding hydrogens is 282 g/mol. The lowest BCUT2D eigenvalue weighted by Crippen LogP contribution is -1.94. The highest BCUT2D eigenvalue weighted by Gasteiger charge is 2.01. The second kappa shape index (κ2) is 7.65. The second-order valence-electron chi connectivity index (χ2n) is 4.57. The summed E-state index contributed by atoms with van der Waals surface area (Å²) in [4.78, 5) is 4.44. The van der Waals surface area contributed by atoms with Gasteiger partial charge < -0.3 is 4.74 Å². The van der Waals surface area contributed by atoms with Gasteiger partial charge in [-0.3, -0.25) is 4.99 Å². The van der Waals surface area contributed by atoms with Gasteiger partial charge in [0.05, 0.1) is 10.7 Å². The summed E-state index contributed by atoms with van der Waals surface area (Å²) in [6.45, 7) is 6.19. The molecule has 2 aromatic rings. The fourth-order valence-electron chi connectivity index (χ4n) is 1.83.